The van der Waals surface area contributed by atoms with E-state index in [1.54, 1.807) is 0 Å². The van der Waals surface area contributed by atoms with Gasteiger partial charge in [0, 0.05) is 49.7 Å². The maximum absolute atomic E-state index is 6.48. The van der Waals surface area contributed by atoms with Gasteiger partial charge < -0.3 is 13.9 Å². The van der Waals surface area contributed by atoms with Crippen LogP contribution in [0.15, 0.2) is 259 Å². The summed E-state index contributed by atoms with van der Waals surface area (Å²) in [6.07, 6.45) is 0. The van der Waals surface area contributed by atoms with Crippen LogP contribution >= 0.6 is 0 Å². The predicted molar refractivity (Wildman–Crippen MR) is 282 cm³/mol. The number of hydrogen-bond acceptors (Lipinski definition) is 2. The first-order valence-corrected chi connectivity index (χ1v) is 22.9. The van der Waals surface area contributed by atoms with Crippen LogP contribution in [-0.4, -0.2) is 4.57 Å². The van der Waals surface area contributed by atoms with Crippen molar-refractivity contribution in [1.29, 1.82) is 0 Å². The van der Waals surface area contributed by atoms with Gasteiger partial charge in [0.2, 0.25) is 0 Å². The highest BCUT2D eigenvalue weighted by Gasteiger charge is 2.19. The van der Waals surface area contributed by atoms with E-state index in [-0.39, 0.29) is 0 Å². The largest absolute Gasteiger partial charge is 0.455 e. The zero-order chi connectivity index (χ0) is 44.3. The van der Waals surface area contributed by atoms with Crippen molar-refractivity contribution < 1.29 is 4.42 Å². The molecule has 0 spiro atoms. The molecule has 67 heavy (non-hydrogen) atoms. The van der Waals surface area contributed by atoms with Crippen molar-refractivity contribution in [2.24, 2.45) is 0 Å². The lowest BCUT2D eigenvalue weighted by Gasteiger charge is -2.27. The number of hydrogen-bond donors (Lipinski definition) is 0. The lowest BCUT2D eigenvalue weighted by Crippen LogP contribution is -2.10. The summed E-state index contributed by atoms with van der Waals surface area (Å²) in [5.74, 6) is 0. The van der Waals surface area contributed by atoms with Gasteiger partial charge in [-0.2, -0.15) is 0 Å². The van der Waals surface area contributed by atoms with E-state index < -0.39 is 0 Å². The molecule has 0 N–H and O–H groups in total. The average molecular weight is 855 g/mol. The lowest BCUT2D eigenvalue weighted by atomic mass is 9.97. The summed E-state index contributed by atoms with van der Waals surface area (Å²) >= 11 is 0. The second-order valence-electron chi connectivity index (χ2n) is 17.3. The van der Waals surface area contributed by atoms with Gasteiger partial charge >= 0.3 is 0 Å². The number of fused-ring (bicyclic) bond motifs is 7. The summed E-state index contributed by atoms with van der Waals surface area (Å²) in [4.78, 5) is 2.38. The van der Waals surface area contributed by atoms with Crippen molar-refractivity contribution in [2.45, 2.75) is 0 Å². The molecule has 0 amide bonds. The van der Waals surface area contributed by atoms with Gasteiger partial charge in [0.05, 0.1) is 16.7 Å². The van der Waals surface area contributed by atoms with E-state index in [1.807, 2.05) is 12.1 Å². The Balaban J connectivity index is 0.921. The maximum Gasteiger partial charge on any atom is 0.143 e. The minimum Gasteiger partial charge on any atom is -0.455 e. The van der Waals surface area contributed by atoms with Gasteiger partial charge in [-0.15, -0.1) is 0 Å². The number of nitrogens with zero attached hydrogens (tertiary/aromatic N) is 2. The predicted octanol–water partition coefficient (Wildman–Crippen LogP) is 18.0. The van der Waals surface area contributed by atoms with Gasteiger partial charge in [-0.05, 0) is 117 Å². The normalized spacial score (nSPS) is 11.6. The number of anilines is 3. The quantitative estimate of drug-likeness (QED) is 0.152. The third kappa shape index (κ3) is 6.67. The van der Waals surface area contributed by atoms with E-state index in [0.717, 1.165) is 78.1 Å². The number of rotatable bonds is 8. The highest BCUT2D eigenvalue weighted by atomic mass is 16.3. The van der Waals surface area contributed by atoms with Gasteiger partial charge in [0.1, 0.15) is 11.2 Å². The Morgan fingerprint density at radius 1 is 0.299 bits per heavy atom. The first-order valence-electron chi connectivity index (χ1n) is 22.9. The molecule has 2 heterocycles. The van der Waals surface area contributed by atoms with Crippen LogP contribution in [0.3, 0.4) is 0 Å². The molecule has 0 unspecified atom stereocenters. The highest BCUT2D eigenvalue weighted by Crippen LogP contribution is 2.42. The van der Waals surface area contributed by atoms with E-state index in [4.69, 9.17) is 4.42 Å². The summed E-state index contributed by atoms with van der Waals surface area (Å²) in [6, 6.07) is 92.0. The fraction of sp³-hybridized carbons (Fsp3) is 0. The Bertz CT molecular complexity index is 3950. The van der Waals surface area contributed by atoms with Crippen LogP contribution in [0.1, 0.15) is 0 Å². The molecule has 0 saturated heterocycles. The Kier molecular flexibility index (Phi) is 9.17. The number of benzene rings is 11. The van der Waals surface area contributed by atoms with Crippen molar-refractivity contribution in [3.63, 3.8) is 0 Å². The van der Waals surface area contributed by atoms with Crippen LogP contribution in [0.25, 0.3) is 105 Å². The maximum atomic E-state index is 6.48. The molecule has 0 saturated carbocycles. The molecule has 13 aromatic rings. The van der Waals surface area contributed by atoms with Crippen molar-refractivity contribution in [2.75, 3.05) is 4.90 Å². The Labute approximate surface area is 388 Å². The van der Waals surface area contributed by atoms with Crippen LogP contribution < -0.4 is 4.90 Å². The summed E-state index contributed by atoms with van der Waals surface area (Å²) in [5, 5.41) is 7.23. The van der Waals surface area contributed by atoms with E-state index in [2.05, 4.69) is 252 Å². The van der Waals surface area contributed by atoms with Gasteiger partial charge in [-0.3, -0.25) is 0 Å². The standard InChI is InChI=1S/C64H42N2O/c1-2-16-45-39-49(34-33-43(45)15-1)48-19-13-22-53(42-48)65(51-37-35-44(36-38-51)55-27-14-28-59-58-26-6-10-32-63(58)67-64(55)59)52-21-12-18-47(41-52)46-17-11-20-50(40-46)54-23-3-7-29-60(54)66-61-30-8-4-24-56(61)57-25-5-9-31-62(57)66/h1-42H. The Morgan fingerprint density at radius 3 is 1.57 bits per heavy atom. The second-order valence-corrected chi connectivity index (χ2v) is 17.3. The molecule has 0 aliphatic carbocycles. The molecule has 0 fully saturated rings. The Hall–Kier alpha value is -8.92. The first-order chi connectivity index (χ1) is 33.2. The fourth-order valence-corrected chi connectivity index (χ4v) is 10.2. The monoisotopic (exact) mass is 854 g/mol. The van der Waals surface area contributed by atoms with Gasteiger partial charge in [0.25, 0.3) is 0 Å². The van der Waals surface area contributed by atoms with Gasteiger partial charge in [-0.1, -0.05) is 182 Å². The summed E-state index contributed by atoms with van der Waals surface area (Å²) in [5.41, 5.74) is 17.7. The molecule has 3 nitrogen and oxygen atoms in total. The fourth-order valence-electron chi connectivity index (χ4n) is 10.2. The molecule has 3 heteroatoms. The van der Waals surface area contributed by atoms with Crippen LogP contribution in [0.4, 0.5) is 17.1 Å². The van der Waals surface area contributed by atoms with Crippen molar-refractivity contribution in [3.05, 3.63) is 255 Å². The van der Waals surface area contributed by atoms with Crippen molar-refractivity contribution in [3.8, 4) is 50.2 Å². The topological polar surface area (TPSA) is 21.3 Å². The molecule has 0 radical (unpaired) electrons. The average Bonchev–Trinajstić information content (AvgIpc) is 3.95. The van der Waals surface area contributed by atoms with Crippen LogP contribution in [0.5, 0.6) is 0 Å². The number of furan rings is 1. The molecule has 314 valence electrons. The van der Waals surface area contributed by atoms with Crippen molar-refractivity contribution >= 4 is 71.6 Å². The van der Waals surface area contributed by atoms with Crippen LogP contribution in [0.2, 0.25) is 0 Å². The van der Waals surface area contributed by atoms with E-state index in [0.29, 0.717) is 0 Å². The summed E-state index contributed by atoms with van der Waals surface area (Å²) in [7, 11) is 0. The molecular weight excluding hydrogens is 813 g/mol. The van der Waals surface area contributed by atoms with E-state index in [1.165, 1.54) is 43.7 Å². The van der Waals surface area contributed by atoms with E-state index >= 15 is 0 Å². The highest BCUT2D eigenvalue weighted by molar-refractivity contribution is 6.11. The zero-order valence-corrected chi connectivity index (χ0v) is 36.6. The van der Waals surface area contributed by atoms with Crippen LogP contribution in [0, 0.1) is 0 Å². The van der Waals surface area contributed by atoms with E-state index in [9.17, 15) is 0 Å². The molecule has 13 rings (SSSR count). The summed E-state index contributed by atoms with van der Waals surface area (Å²) < 4.78 is 8.89. The minimum atomic E-state index is 0.900. The van der Waals surface area contributed by atoms with Crippen LogP contribution in [-0.2, 0) is 0 Å². The van der Waals surface area contributed by atoms with Gasteiger partial charge in [0.15, 0.2) is 0 Å². The molecule has 0 aliphatic heterocycles. The molecule has 0 aliphatic rings. The van der Waals surface area contributed by atoms with Crippen molar-refractivity contribution in [1.82, 2.24) is 4.57 Å². The zero-order valence-electron chi connectivity index (χ0n) is 36.6. The number of aromatic nitrogens is 1. The molecule has 2 aromatic heterocycles. The summed E-state index contributed by atoms with van der Waals surface area (Å²) in [6.45, 7) is 0. The third-order valence-corrected chi connectivity index (χ3v) is 13.4. The third-order valence-electron chi connectivity index (χ3n) is 13.4. The smallest absolute Gasteiger partial charge is 0.143 e. The lowest BCUT2D eigenvalue weighted by molar-refractivity contribution is 0.670. The molecular formula is C64H42N2O. The molecule has 0 atom stereocenters. The minimum absolute atomic E-state index is 0.900. The number of para-hydroxylation sites is 5. The second kappa shape index (κ2) is 16.0. The molecule has 0 bridgehead atoms. The molecule has 11 aromatic carbocycles. The Morgan fingerprint density at radius 2 is 0.821 bits per heavy atom. The SMILES string of the molecule is c1cc(-c2cccc(N(c3ccc(-c4cccc5c4oc4ccccc45)cc3)c3cccc(-c4ccc5ccccc5c4)c3)c2)cc(-c2ccccc2-n2c3ccccc3c3ccccc32)c1. The first kappa shape index (κ1) is 38.5. The van der Waals surface area contributed by atoms with Gasteiger partial charge in [-0.25, -0.2) is 0 Å².